The van der Waals surface area contributed by atoms with Crippen LogP contribution in [0.1, 0.15) is 20.8 Å². The summed E-state index contributed by atoms with van der Waals surface area (Å²) >= 11 is 0. The third kappa shape index (κ3) is 383. The van der Waals surface area contributed by atoms with E-state index in [-0.39, 0.29) is 21.1 Å². The Balaban J connectivity index is -0.0000000257. The second-order valence-electron chi connectivity index (χ2n) is 0.671. The fraction of sp³-hybridized carbons (Fsp3) is 0.500. The van der Waals surface area contributed by atoms with Crippen LogP contribution in [0.2, 0.25) is 0 Å². The van der Waals surface area contributed by atoms with Gasteiger partial charge in [-0.1, -0.05) is 0 Å². The van der Waals surface area contributed by atoms with Gasteiger partial charge in [0.15, 0.2) is 0 Å². The molecule has 54 valence electrons. The van der Waals surface area contributed by atoms with Crippen LogP contribution in [0.25, 0.3) is 0 Å². The number of nitriles is 3. The van der Waals surface area contributed by atoms with Gasteiger partial charge in [0.2, 0.25) is 0 Å². The molecule has 0 saturated heterocycles. The Bertz CT molecular complexity index is 106. The van der Waals surface area contributed by atoms with E-state index in [2.05, 4.69) is 0 Å². The monoisotopic (exact) mass is 221 g/mol. The molecule has 0 amide bonds. The van der Waals surface area contributed by atoms with Gasteiger partial charge in [-0.3, -0.25) is 0 Å². The van der Waals surface area contributed by atoms with E-state index >= 15 is 0 Å². The number of rotatable bonds is 0. The first kappa shape index (κ1) is 22.9. The van der Waals surface area contributed by atoms with Crippen molar-refractivity contribution in [2.75, 3.05) is 0 Å². The summed E-state index contributed by atoms with van der Waals surface area (Å²) in [7, 11) is 0. The molecule has 0 saturated carbocycles. The summed E-state index contributed by atoms with van der Waals surface area (Å²) in [5, 5.41) is 22.0. The van der Waals surface area contributed by atoms with Crippen molar-refractivity contribution < 1.29 is 21.1 Å². The standard InChI is InChI=1S/3C2H3N.Mo/c3*1-2-3;/h3*1H3;. The average Bonchev–Trinajstić information content (AvgIpc) is 1.70. The van der Waals surface area contributed by atoms with E-state index in [0.29, 0.717) is 0 Å². The third-order valence-corrected chi connectivity index (χ3v) is 0. The van der Waals surface area contributed by atoms with E-state index in [0.717, 1.165) is 0 Å². The number of hydrogen-bond acceptors (Lipinski definition) is 3. The Hall–Kier alpha value is -0.842. The maximum Gasteiger partial charge on any atom is 0.0587 e. The van der Waals surface area contributed by atoms with Crippen molar-refractivity contribution in [2.24, 2.45) is 0 Å². The maximum atomic E-state index is 7.32. The van der Waals surface area contributed by atoms with Crippen LogP contribution >= 0.6 is 0 Å². The van der Waals surface area contributed by atoms with Crippen LogP contribution < -0.4 is 0 Å². The van der Waals surface area contributed by atoms with Crippen LogP contribution in [-0.4, -0.2) is 0 Å². The fourth-order valence-electron chi connectivity index (χ4n) is 0. The molecule has 0 unspecified atom stereocenters. The van der Waals surface area contributed by atoms with Crippen molar-refractivity contribution in [3.8, 4) is 18.2 Å². The molecule has 0 radical (unpaired) electrons. The first-order valence-electron chi connectivity index (χ1n) is 2.17. The van der Waals surface area contributed by atoms with Crippen molar-refractivity contribution in [3.63, 3.8) is 0 Å². The summed E-state index contributed by atoms with van der Waals surface area (Å²) in [6, 6.07) is 5.25. The first-order chi connectivity index (χ1) is 4.24. The fourth-order valence-corrected chi connectivity index (χ4v) is 0. The van der Waals surface area contributed by atoms with Gasteiger partial charge in [0.05, 0.1) is 18.2 Å². The molecular formula is C6H9MoN3. The molecule has 0 fully saturated rings. The van der Waals surface area contributed by atoms with E-state index in [1.807, 2.05) is 0 Å². The maximum absolute atomic E-state index is 7.32. The van der Waals surface area contributed by atoms with Gasteiger partial charge in [0.1, 0.15) is 0 Å². The van der Waals surface area contributed by atoms with Gasteiger partial charge in [0, 0.05) is 41.8 Å². The quantitative estimate of drug-likeness (QED) is 0.580. The topological polar surface area (TPSA) is 71.4 Å². The molecule has 0 atom stereocenters. The third-order valence-electron chi connectivity index (χ3n) is 0. The SMILES string of the molecule is CC#N.CC#N.CC#N.[Mo]. The zero-order valence-electron chi connectivity index (χ0n) is 6.25. The van der Waals surface area contributed by atoms with Crippen molar-refractivity contribution in [3.05, 3.63) is 0 Å². The molecule has 0 rings (SSSR count). The van der Waals surface area contributed by atoms with Crippen LogP contribution in [0, 0.1) is 34.0 Å². The van der Waals surface area contributed by atoms with Crippen molar-refractivity contribution in [2.45, 2.75) is 20.8 Å². The normalized spacial score (nSPS) is 2.40. The van der Waals surface area contributed by atoms with E-state index in [1.54, 1.807) is 18.2 Å². The van der Waals surface area contributed by atoms with Crippen molar-refractivity contribution in [1.82, 2.24) is 0 Å². The smallest absolute Gasteiger partial charge is 0.0587 e. The van der Waals surface area contributed by atoms with Crippen LogP contribution in [0.15, 0.2) is 0 Å². The summed E-state index contributed by atoms with van der Waals surface area (Å²) < 4.78 is 0. The summed E-state index contributed by atoms with van der Waals surface area (Å²) in [6.07, 6.45) is 0. The van der Waals surface area contributed by atoms with Gasteiger partial charge < -0.3 is 0 Å². The molecule has 10 heavy (non-hydrogen) atoms. The zero-order valence-corrected chi connectivity index (χ0v) is 8.26. The number of hydrogen-bond donors (Lipinski definition) is 0. The van der Waals surface area contributed by atoms with Crippen LogP contribution in [-0.2, 0) is 21.1 Å². The number of nitrogens with zero attached hydrogens (tertiary/aromatic N) is 3. The van der Waals surface area contributed by atoms with Gasteiger partial charge >= 0.3 is 0 Å². The molecule has 0 aliphatic heterocycles. The molecule has 0 aromatic carbocycles. The van der Waals surface area contributed by atoms with E-state index in [4.69, 9.17) is 15.8 Å². The van der Waals surface area contributed by atoms with Gasteiger partial charge in [-0.25, -0.2) is 0 Å². The molecule has 0 aliphatic carbocycles. The van der Waals surface area contributed by atoms with Crippen molar-refractivity contribution >= 4 is 0 Å². The molecule has 0 N–H and O–H groups in total. The molecule has 0 spiro atoms. The molecule has 0 bridgehead atoms. The molecule has 0 aliphatic rings. The molecule has 0 aromatic rings. The molecule has 0 aromatic heterocycles. The molecule has 3 nitrogen and oxygen atoms in total. The second kappa shape index (κ2) is 89.7. The van der Waals surface area contributed by atoms with Gasteiger partial charge in [0.25, 0.3) is 0 Å². The minimum Gasteiger partial charge on any atom is -0.199 e. The first-order valence-corrected chi connectivity index (χ1v) is 2.17. The van der Waals surface area contributed by atoms with Crippen molar-refractivity contribution in [1.29, 1.82) is 15.8 Å². The predicted molar refractivity (Wildman–Crippen MR) is 33.9 cm³/mol. The van der Waals surface area contributed by atoms with Crippen LogP contribution in [0.4, 0.5) is 0 Å². The minimum atomic E-state index is 0. The average molecular weight is 219 g/mol. The Morgan fingerprint density at radius 3 is 0.700 bits per heavy atom. The Labute approximate surface area is 76.1 Å². The van der Waals surface area contributed by atoms with E-state index in [1.165, 1.54) is 20.8 Å². The van der Waals surface area contributed by atoms with Crippen LogP contribution in [0.5, 0.6) is 0 Å². The molecule has 4 heteroatoms. The van der Waals surface area contributed by atoms with Crippen LogP contribution in [0.3, 0.4) is 0 Å². The molecular weight excluding hydrogens is 210 g/mol. The van der Waals surface area contributed by atoms with Gasteiger partial charge in [-0.05, 0) is 0 Å². The summed E-state index contributed by atoms with van der Waals surface area (Å²) in [5.74, 6) is 0. The Morgan fingerprint density at radius 2 is 0.700 bits per heavy atom. The molecule has 0 heterocycles. The van der Waals surface area contributed by atoms with E-state index < -0.39 is 0 Å². The summed E-state index contributed by atoms with van der Waals surface area (Å²) in [4.78, 5) is 0. The summed E-state index contributed by atoms with van der Waals surface area (Å²) in [5.41, 5.74) is 0. The van der Waals surface area contributed by atoms with Gasteiger partial charge in [-0.2, -0.15) is 15.8 Å². The second-order valence-corrected chi connectivity index (χ2v) is 0.671. The Morgan fingerprint density at radius 1 is 0.700 bits per heavy atom. The van der Waals surface area contributed by atoms with Gasteiger partial charge in [-0.15, -0.1) is 0 Å². The predicted octanol–water partition coefficient (Wildman–Crippen LogP) is 1.59. The minimum absolute atomic E-state index is 0. The largest absolute Gasteiger partial charge is 0.199 e. The van der Waals surface area contributed by atoms with E-state index in [9.17, 15) is 0 Å². The summed E-state index contributed by atoms with van der Waals surface area (Å²) in [6.45, 7) is 4.29. The Kier molecular flexibility index (Phi) is 206. The zero-order chi connectivity index (χ0) is 8.12.